The lowest BCUT2D eigenvalue weighted by Gasteiger charge is -2.28. The molecule has 0 aromatic heterocycles. The van der Waals surface area contributed by atoms with Gasteiger partial charge in [0, 0.05) is 11.8 Å². The molecule has 0 saturated heterocycles. The first-order chi connectivity index (χ1) is 7.26. The summed E-state index contributed by atoms with van der Waals surface area (Å²) in [6.45, 7) is 5.95. The van der Waals surface area contributed by atoms with Crippen molar-refractivity contribution in [3.05, 3.63) is 0 Å². The standard InChI is InChI=1S/C13H27NS/c1-4-13(10-15-3)14-9-12-7-5-6-11(2)8-12/h11-14H,4-10H2,1-3H3. The molecule has 0 aromatic carbocycles. The van der Waals surface area contributed by atoms with Crippen molar-refractivity contribution in [3.63, 3.8) is 0 Å². The molecule has 1 aliphatic rings. The third-order valence-corrected chi connectivity index (χ3v) is 4.34. The second kappa shape index (κ2) is 7.56. The number of hydrogen-bond donors (Lipinski definition) is 1. The van der Waals surface area contributed by atoms with E-state index in [-0.39, 0.29) is 0 Å². The molecule has 1 fully saturated rings. The summed E-state index contributed by atoms with van der Waals surface area (Å²) < 4.78 is 0. The maximum atomic E-state index is 3.74. The Labute approximate surface area is 99.8 Å². The molecule has 0 heterocycles. The lowest BCUT2D eigenvalue weighted by molar-refractivity contribution is 0.268. The molecule has 1 N–H and O–H groups in total. The largest absolute Gasteiger partial charge is 0.313 e. The van der Waals surface area contributed by atoms with E-state index in [0.29, 0.717) is 0 Å². The number of rotatable bonds is 6. The molecule has 0 radical (unpaired) electrons. The molecular weight excluding hydrogens is 202 g/mol. The van der Waals surface area contributed by atoms with E-state index >= 15 is 0 Å². The van der Waals surface area contributed by atoms with Crippen molar-refractivity contribution >= 4 is 11.8 Å². The Morgan fingerprint density at radius 2 is 2.20 bits per heavy atom. The van der Waals surface area contributed by atoms with Gasteiger partial charge in [-0.05, 0) is 43.9 Å². The Kier molecular flexibility index (Phi) is 6.74. The fourth-order valence-corrected chi connectivity index (χ4v) is 3.36. The van der Waals surface area contributed by atoms with Gasteiger partial charge in [0.2, 0.25) is 0 Å². The molecule has 0 spiro atoms. The number of hydrogen-bond acceptors (Lipinski definition) is 2. The van der Waals surface area contributed by atoms with Gasteiger partial charge in [-0.15, -0.1) is 0 Å². The zero-order chi connectivity index (χ0) is 11.1. The minimum Gasteiger partial charge on any atom is -0.313 e. The van der Waals surface area contributed by atoms with Crippen LogP contribution in [0.5, 0.6) is 0 Å². The van der Waals surface area contributed by atoms with Crippen LogP contribution in [0.3, 0.4) is 0 Å². The first-order valence-corrected chi connectivity index (χ1v) is 7.88. The summed E-state index contributed by atoms with van der Waals surface area (Å²) in [6, 6.07) is 0.734. The van der Waals surface area contributed by atoms with Crippen LogP contribution in [0.4, 0.5) is 0 Å². The molecule has 3 atom stereocenters. The lowest BCUT2D eigenvalue weighted by atomic mass is 9.82. The van der Waals surface area contributed by atoms with Crippen LogP contribution in [0.1, 0.15) is 46.0 Å². The maximum Gasteiger partial charge on any atom is 0.0155 e. The van der Waals surface area contributed by atoms with Gasteiger partial charge in [-0.1, -0.05) is 26.7 Å². The molecule has 15 heavy (non-hydrogen) atoms. The molecule has 0 bridgehead atoms. The van der Waals surface area contributed by atoms with E-state index in [1.54, 1.807) is 0 Å². The van der Waals surface area contributed by atoms with Crippen molar-refractivity contribution in [2.24, 2.45) is 11.8 Å². The highest BCUT2D eigenvalue weighted by atomic mass is 32.2. The van der Waals surface area contributed by atoms with Crippen molar-refractivity contribution in [3.8, 4) is 0 Å². The van der Waals surface area contributed by atoms with Gasteiger partial charge in [0.25, 0.3) is 0 Å². The third kappa shape index (κ3) is 5.26. The van der Waals surface area contributed by atoms with Gasteiger partial charge in [-0.25, -0.2) is 0 Å². The van der Waals surface area contributed by atoms with Crippen molar-refractivity contribution in [2.45, 2.75) is 52.0 Å². The smallest absolute Gasteiger partial charge is 0.0155 e. The van der Waals surface area contributed by atoms with Gasteiger partial charge in [-0.2, -0.15) is 11.8 Å². The highest BCUT2D eigenvalue weighted by Crippen LogP contribution is 2.28. The third-order valence-electron chi connectivity index (χ3n) is 3.60. The zero-order valence-corrected chi connectivity index (χ0v) is 11.4. The molecule has 1 rings (SSSR count). The Balaban J connectivity index is 2.16. The Morgan fingerprint density at radius 1 is 1.40 bits per heavy atom. The molecule has 1 aliphatic carbocycles. The van der Waals surface area contributed by atoms with Crippen LogP contribution < -0.4 is 5.32 Å². The quantitative estimate of drug-likeness (QED) is 0.747. The van der Waals surface area contributed by atoms with E-state index in [0.717, 1.165) is 17.9 Å². The lowest BCUT2D eigenvalue weighted by Crippen LogP contribution is -2.36. The topological polar surface area (TPSA) is 12.0 Å². The van der Waals surface area contributed by atoms with Crippen molar-refractivity contribution in [1.29, 1.82) is 0 Å². The summed E-state index contributed by atoms with van der Waals surface area (Å²) in [5, 5.41) is 3.74. The van der Waals surface area contributed by atoms with E-state index in [2.05, 4.69) is 25.4 Å². The van der Waals surface area contributed by atoms with E-state index in [4.69, 9.17) is 0 Å². The second-order valence-electron chi connectivity index (χ2n) is 5.11. The average Bonchev–Trinajstić information content (AvgIpc) is 2.24. The second-order valence-corrected chi connectivity index (χ2v) is 6.02. The minimum absolute atomic E-state index is 0.734. The average molecular weight is 229 g/mol. The minimum atomic E-state index is 0.734. The van der Waals surface area contributed by atoms with Crippen molar-refractivity contribution < 1.29 is 0 Å². The van der Waals surface area contributed by atoms with Crippen LogP contribution in [-0.2, 0) is 0 Å². The van der Waals surface area contributed by atoms with Crippen LogP contribution in [-0.4, -0.2) is 24.6 Å². The molecule has 2 heteroatoms. The van der Waals surface area contributed by atoms with Crippen LogP contribution in [0.25, 0.3) is 0 Å². The number of thioether (sulfide) groups is 1. The summed E-state index contributed by atoms with van der Waals surface area (Å²) in [6.07, 6.45) is 9.28. The fraction of sp³-hybridized carbons (Fsp3) is 1.00. The molecular formula is C13H27NS. The van der Waals surface area contributed by atoms with Crippen molar-refractivity contribution in [2.75, 3.05) is 18.6 Å². The number of nitrogens with one attached hydrogen (secondary N) is 1. The zero-order valence-electron chi connectivity index (χ0n) is 10.6. The molecule has 0 amide bonds. The van der Waals surface area contributed by atoms with Gasteiger partial charge in [0.15, 0.2) is 0 Å². The van der Waals surface area contributed by atoms with Gasteiger partial charge >= 0.3 is 0 Å². The fourth-order valence-electron chi connectivity index (χ4n) is 2.60. The first-order valence-electron chi connectivity index (χ1n) is 6.48. The SMILES string of the molecule is CCC(CSC)NCC1CCCC(C)C1. The highest BCUT2D eigenvalue weighted by Gasteiger charge is 2.19. The first kappa shape index (κ1) is 13.4. The predicted octanol–water partition coefficient (Wildman–Crippen LogP) is 3.54. The highest BCUT2D eigenvalue weighted by molar-refractivity contribution is 7.98. The summed E-state index contributed by atoms with van der Waals surface area (Å²) >= 11 is 1.96. The van der Waals surface area contributed by atoms with Crippen molar-refractivity contribution in [1.82, 2.24) is 5.32 Å². The van der Waals surface area contributed by atoms with E-state index < -0.39 is 0 Å². The summed E-state index contributed by atoms with van der Waals surface area (Å²) in [5.74, 6) is 3.18. The van der Waals surface area contributed by atoms with Gasteiger partial charge < -0.3 is 5.32 Å². The molecule has 1 saturated carbocycles. The maximum absolute atomic E-state index is 3.74. The molecule has 90 valence electrons. The van der Waals surface area contributed by atoms with Crippen LogP contribution >= 0.6 is 11.8 Å². The summed E-state index contributed by atoms with van der Waals surface area (Å²) in [4.78, 5) is 0. The Bertz CT molecular complexity index is 161. The van der Waals surface area contributed by atoms with Crippen LogP contribution in [0.15, 0.2) is 0 Å². The molecule has 3 unspecified atom stereocenters. The Hall–Kier alpha value is 0.310. The Morgan fingerprint density at radius 3 is 2.80 bits per heavy atom. The predicted molar refractivity (Wildman–Crippen MR) is 71.6 cm³/mol. The van der Waals surface area contributed by atoms with Crippen LogP contribution in [0, 0.1) is 11.8 Å². The molecule has 0 aromatic rings. The molecule has 1 nitrogen and oxygen atoms in total. The van der Waals surface area contributed by atoms with Gasteiger partial charge in [0.05, 0.1) is 0 Å². The van der Waals surface area contributed by atoms with Crippen LogP contribution in [0.2, 0.25) is 0 Å². The van der Waals surface area contributed by atoms with E-state index in [1.165, 1.54) is 44.4 Å². The monoisotopic (exact) mass is 229 g/mol. The van der Waals surface area contributed by atoms with Gasteiger partial charge in [-0.3, -0.25) is 0 Å². The summed E-state index contributed by atoms with van der Waals surface area (Å²) in [7, 11) is 0. The van der Waals surface area contributed by atoms with E-state index in [9.17, 15) is 0 Å². The normalized spacial score (nSPS) is 29.0. The molecule has 0 aliphatic heterocycles. The van der Waals surface area contributed by atoms with E-state index in [1.807, 2.05) is 11.8 Å². The van der Waals surface area contributed by atoms with Gasteiger partial charge in [0.1, 0.15) is 0 Å². The summed E-state index contributed by atoms with van der Waals surface area (Å²) in [5.41, 5.74) is 0.